The van der Waals surface area contributed by atoms with E-state index in [4.69, 9.17) is 0 Å². The fourth-order valence-corrected chi connectivity index (χ4v) is 3.77. The molecular formula is C13H14BrNOS2. The summed E-state index contributed by atoms with van der Waals surface area (Å²) >= 11 is 6.58. The van der Waals surface area contributed by atoms with E-state index in [0.717, 1.165) is 3.79 Å². The number of rotatable bonds is 4. The summed E-state index contributed by atoms with van der Waals surface area (Å²) in [6.45, 7) is 4.24. The van der Waals surface area contributed by atoms with Gasteiger partial charge >= 0.3 is 0 Å². The second-order valence-corrected chi connectivity index (χ2v) is 7.62. The number of amides is 1. The molecule has 5 heteroatoms. The molecule has 0 spiro atoms. The highest BCUT2D eigenvalue weighted by Gasteiger charge is 2.20. The second-order valence-electron chi connectivity index (χ2n) is 4.35. The first-order valence-corrected chi connectivity index (χ1v) is 8.21. The standard InChI is InChI=1S/C13H14BrNOS2/c1-8(2)12(10-4-3-5-17-10)15-13(16)9-6-11(14)18-7-9/h3-8,12H,1-2H3,(H,15,16). The zero-order valence-corrected chi connectivity index (χ0v) is 13.4. The number of carbonyl (C=O) groups is 1. The molecular weight excluding hydrogens is 330 g/mol. The van der Waals surface area contributed by atoms with Crippen LogP contribution in [-0.4, -0.2) is 5.91 Å². The number of thiophene rings is 2. The number of halogens is 1. The first kappa shape index (κ1) is 13.8. The highest BCUT2D eigenvalue weighted by atomic mass is 79.9. The zero-order valence-electron chi connectivity index (χ0n) is 10.1. The van der Waals surface area contributed by atoms with Crippen molar-refractivity contribution >= 4 is 44.5 Å². The molecule has 1 atom stereocenters. The van der Waals surface area contributed by atoms with Gasteiger partial charge in [-0.3, -0.25) is 4.79 Å². The summed E-state index contributed by atoms with van der Waals surface area (Å²) in [4.78, 5) is 13.3. The lowest BCUT2D eigenvalue weighted by Crippen LogP contribution is -2.30. The van der Waals surface area contributed by atoms with Gasteiger partial charge in [0, 0.05) is 10.3 Å². The van der Waals surface area contributed by atoms with E-state index in [-0.39, 0.29) is 11.9 Å². The third-order valence-corrected chi connectivity index (χ3v) is 5.09. The molecule has 18 heavy (non-hydrogen) atoms. The Bertz CT molecular complexity index is 519. The average Bonchev–Trinajstić information content (AvgIpc) is 2.95. The van der Waals surface area contributed by atoms with Crippen molar-refractivity contribution in [1.82, 2.24) is 5.32 Å². The summed E-state index contributed by atoms with van der Waals surface area (Å²) in [5.41, 5.74) is 0.717. The lowest BCUT2D eigenvalue weighted by atomic mass is 10.0. The molecule has 1 N–H and O–H groups in total. The fourth-order valence-electron chi connectivity index (χ4n) is 1.69. The van der Waals surface area contributed by atoms with Crippen LogP contribution >= 0.6 is 38.6 Å². The highest BCUT2D eigenvalue weighted by Crippen LogP contribution is 2.27. The SMILES string of the molecule is CC(C)C(NC(=O)c1csc(Br)c1)c1cccs1. The zero-order chi connectivity index (χ0) is 13.1. The fraction of sp³-hybridized carbons (Fsp3) is 0.308. The molecule has 0 bridgehead atoms. The van der Waals surface area contributed by atoms with Gasteiger partial charge in [-0.25, -0.2) is 0 Å². The molecule has 0 aliphatic heterocycles. The Morgan fingerprint density at radius 2 is 2.17 bits per heavy atom. The van der Waals surface area contributed by atoms with Gasteiger partial charge in [0.15, 0.2) is 0 Å². The van der Waals surface area contributed by atoms with Crippen LogP contribution in [0.1, 0.15) is 35.1 Å². The second kappa shape index (κ2) is 5.99. The summed E-state index contributed by atoms with van der Waals surface area (Å²) in [6, 6.07) is 6.02. The van der Waals surface area contributed by atoms with Gasteiger partial charge in [-0.1, -0.05) is 19.9 Å². The molecule has 2 heterocycles. The van der Waals surface area contributed by atoms with E-state index >= 15 is 0 Å². The normalized spacial score (nSPS) is 12.7. The molecule has 0 saturated carbocycles. The van der Waals surface area contributed by atoms with Crippen LogP contribution in [0, 0.1) is 5.92 Å². The molecule has 0 aliphatic rings. The van der Waals surface area contributed by atoms with Crippen molar-refractivity contribution in [2.75, 3.05) is 0 Å². The maximum atomic E-state index is 12.1. The number of hydrogen-bond acceptors (Lipinski definition) is 3. The van der Waals surface area contributed by atoms with Crippen LogP contribution in [-0.2, 0) is 0 Å². The predicted octanol–water partition coefficient (Wildman–Crippen LogP) is 4.70. The summed E-state index contributed by atoms with van der Waals surface area (Å²) in [6.07, 6.45) is 0. The third-order valence-electron chi connectivity index (χ3n) is 2.63. The van der Waals surface area contributed by atoms with Crippen LogP contribution in [0.3, 0.4) is 0 Å². The molecule has 1 amide bonds. The van der Waals surface area contributed by atoms with Crippen molar-refractivity contribution in [3.63, 3.8) is 0 Å². The van der Waals surface area contributed by atoms with Crippen molar-refractivity contribution in [2.24, 2.45) is 5.92 Å². The van der Waals surface area contributed by atoms with Gasteiger partial charge in [0.2, 0.25) is 0 Å². The Morgan fingerprint density at radius 3 is 2.67 bits per heavy atom. The lowest BCUT2D eigenvalue weighted by Gasteiger charge is -2.20. The third kappa shape index (κ3) is 3.22. The molecule has 0 fully saturated rings. The molecule has 0 aliphatic carbocycles. The predicted molar refractivity (Wildman–Crippen MR) is 81.4 cm³/mol. The summed E-state index contributed by atoms with van der Waals surface area (Å²) in [5.74, 6) is 0.360. The molecule has 0 radical (unpaired) electrons. The Morgan fingerprint density at radius 1 is 1.39 bits per heavy atom. The van der Waals surface area contributed by atoms with Gasteiger partial charge < -0.3 is 5.32 Å². The van der Waals surface area contributed by atoms with E-state index in [1.54, 1.807) is 11.3 Å². The minimum absolute atomic E-state index is 0.0101. The summed E-state index contributed by atoms with van der Waals surface area (Å²) in [7, 11) is 0. The van der Waals surface area contributed by atoms with E-state index in [1.807, 2.05) is 22.9 Å². The summed E-state index contributed by atoms with van der Waals surface area (Å²) < 4.78 is 0.977. The quantitative estimate of drug-likeness (QED) is 0.856. The van der Waals surface area contributed by atoms with Crippen LogP contribution in [0.25, 0.3) is 0 Å². The number of carbonyl (C=O) groups excluding carboxylic acids is 1. The number of hydrogen-bond donors (Lipinski definition) is 1. The van der Waals surface area contributed by atoms with Gasteiger partial charge in [0.1, 0.15) is 0 Å². The maximum Gasteiger partial charge on any atom is 0.252 e. The van der Waals surface area contributed by atoms with Crippen molar-refractivity contribution in [1.29, 1.82) is 0 Å². The first-order chi connectivity index (χ1) is 8.58. The van der Waals surface area contributed by atoms with Crippen molar-refractivity contribution in [2.45, 2.75) is 19.9 Å². The maximum absolute atomic E-state index is 12.1. The van der Waals surface area contributed by atoms with Crippen LogP contribution in [0.4, 0.5) is 0 Å². The van der Waals surface area contributed by atoms with E-state index < -0.39 is 0 Å². The van der Waals surface area contributed by atoms with Crippen LogP contribution in [0.5, 0.6) is 0 Å². The largest absolute Gasteiger partial charge is 0.344 e. The van der Waals surface area contributed by atoms with Gasteiger partial charge in [-0.05, 0) is 39.4 Å². The van der Waals surface area contributed by atoms with Gasteiger partial charge in [-0.2, -0.15) is 0 Å². The Labute approximate surface area is 123 Å². The Kier molecular flexibility index (Phi) is 4.59. The molecule has 0 aromatic carbocycles. The van der Waals surface area contributed by atoms with Crippen LogP contribution in [0.2, 0.25) is 0 Å². The first-order valence-electron chi connectivity index (χ1n) is 5.66. The smallest absolute Gasteiger partial charge is 0.252 e. The van der Waals surface area contributed by atoms with E-state index in [0.29, 0.717) is 11.5 Å². The van der Waals surface area contributed by atoms with Crippen LogP contribution < -0.4 is 5.32 Å². The minimum atomic E-state index is -0.0101. The number of nitrogens with one attached hydrogen (secondary N) is 1. The molecule has 0 saturated heterocycles. The lowest BCUT2D eigenvalue weighted by molar-refractivity contribution is 0.0927. The van der Waals surface area contributed by atoms with E-state index in [1.165, 1.54) is 16.2 Å². The minimum Gasteiger partial charge on any atom is -0.344 e. The molecule has 2 aromatic rings. The molecule has 2 rings (SSSR count). The topological polar surface area (TPSA) is 29.1 Å². The molecule has 96 valence electrons. The van der Waals surface area contributed by atoms with E-state index in [2.05, 4.69) is 41.2 Å². The van der Waals surface area contributed by atoms with Crippen molar-refractivity contribution in [3.8, 4) is 0 Å². The van der Waals surface area contributed by atoms with Gasteiger partial charge in [-0.15, -0.1) is 22.7 Å². The van der Waals surface area contributed by atoms with Crippen molar-refractivity contribution < 1.29 is 4.79 Å². The van der Waals surface area contributed by atoms with Gasteiger partial charge in [0.05, 0.1) is 15.4 Å². The highest BCUT2D eigenvalue weighted by molar-refractivity contribution is 9.11. The molecule has 1 unspecified atom stereocenters. The Hall–Kier alpha value is -0.650. The van der Waals surface area contributed by atoms with Crippen molar-refractivity contribution in [3.05, 3.63) is 43.2 Å². The van der Waals surface area contributed by atoms with E-state index in [9.17, 15) is 4.79 Å². The molecule has 2 aromatic heterocycles. The average molecular weight is 344 g/mol. The molecule has 2 nitrogen and oxygen atoms in total. The monoisotopic (exact) mass is 343 g/mol. The summed E-state index contributed by atoms with van der Waals surface area (Å²) in [5, 5.41) is 7.01. The Balaban J connectivity index is 2.13. The van der Waals surface area contributed by atoms with Gasteiger partial charge in [0.25, 0.3) is 5.91 Å². The van der Waals surface area contributed by atoms with Crippen LogP contribution in [0.15, 0.2) is 32.7 Å².